The molecule has 1 atom stereocenters. The van der Waals surface area contributed by atoms with Gasteiger partial charge >= 0.3 is 13.6 Å². The molecule has 24 heavy (non-hydrogen) atoms. The Morgan fingerprint density at radius 3 is 2.58 bits per heavy atom. The summed E-state index contributed by atoms with van der Waals surface area (Å²) in [5.41, 5.74) is -1.77. The van der Waals surface area contributed by atoms with Crippen LogP contribution >= 0.6 is 7.60 Å². The minimum absolute atomic E-state index is 0.0957. The Morgan fingerprint density at radius 1 is 1.46 bits per heavy atom. The van der Waals surface area contributed by atoms with E-state index in [2.05, 4.69) is 15.4 Å². The topological polar surface area (TPSA) is 173 Å². The SMILES string of the molecule is CCOP(=O)(OCC)C(C(=O)O)n1nc(C#N)c2nn[nH]c(=O)c21. The molecule has 0 saturated heterocycles. The van der Waals surface area contributed by atoms with Gasteiger partial charge in [-0.25, -0.2) is 14.6 Å². The number of carbonyl (C=O) groups is 1. The summed E-state index contributed by atoms with van der Waals surface area (Å²) in [4.78, 5) is 23.7. The first kappa shape index (κ1) is 17.7. The average Bonchev–Trinajstić information content (AvgIpc) is 2.87. The Hall–Kier alpha value is -2.61. The average molecular weight is 356 g/mol. The summed E-state index contributed by atoms with van der Waals surface area (Å²) < 4.78 is 23.6. The van der Waals surface area contributed by atoms with Gasteiger partial charge in [-0.05, 0) is 13.8 Å². The van der Waals surface area contributed by atoms with Gasteiger partial charge in [0.05, 0.1) is 13.2 Å². The number of fused-ring (bicyclic) bond motifs is 1. The largest absolute Gasteiger partial charge is 0.479 e. The van der Waals surface area contributed by atoms with Crippen LogP contribution in [0.2, 0.25) is 0 Å². The van der Waals surface area contributed by atoms with Gasteiger partial charge in [0.1, 0.15) is 6.07 Å². The molecule has 0 amide bonds. The number of aromatic amines is 1. The van der Waals surface area contributed by atoms with Crippen LogP contribution in [0, 0.1) is 11.3 Å². The van der Waals surface area contributed by atoms with Crippen molar-refractivity contribution in [1.29, 1.82) is 5.26 Å². The standard InChI is InChI=1S/C11H13N6O6P/c1-3-22-24(21,23-4-2)10(11(19)20)17-8-7(6(5-12)15-17)13-16-14-9(8)18/h10H,3-4H2,1-2H3,(H,19,20)(H,13,14,18). The fraction of sp³-hybridized carbons (Fsp3) is 0.455. The van der Waals surface area contributed by atoms with Crippen molar-refractivity contribution in [3.63, 3.8) is 0 Å². The minimum Gasteiger partial charge on any atom is -0.479 e. The van der Waals surface area contributed by atoms with Gasteiger partial charge in [0.2, 0.25) is 0 Å². The summed E-state index contributed by atoms with van der Waals surface area (Å²) in [5, 5.41) is 31.2. The number of nitrogens with one attached hydrogen (secondary N) is 1. The van der Waals surface area contributed by atoms with Crippen LogP contribution in [-0.4, -0.2) is 49.5 Å². The summed E-state index contributed by atoms with van der Waals surface area (Å²) in [6, 6.07) is 1.68. The molecule has 2 aromatic heterocycles. The lowest BCUT2D eigenvalue weighted by atomic mass is 10.4. The molecule has 0 aromatic carbocycles. The van der Waals surface area contributed by atoms with Crippen LogP contribution in [0.1, 0.15) is 25.3 Å². The first-order valence-corrected chi connectivity index (χ1v) is 8.36. The van der Waals surface area contributed by atoms with E-state index in [0.29, 0.717) is 4.68 Å². The number of nitriles is 1. The van der Waals surface area contributed by atoms with Crippen LogP contribution < -0.4 is 5.56 Å². The van der Waals surface area contributed by atoms with Gasteiger partial charge in [0.15, 0.2) is 16.7 Å². The fourth-order valence-corrected chi connectivity index (χ4v) is 3.85. The van der Waals surface area contributed by atoms with E-state index in [4.69, 9.17) is 14.3 Å². The van der Waals surface area contributed by atoms with E-state index in [1.165, 1.54) is 13.8 Å². The van der Waals surface area contributed by atoms with Crippen molar-refractivity contribution in [3.05, 3.63) is 16.0 Å². The zero-order chi connectivity index (χ0) is 17.9. The monoisotopic (exact) mass is 356 g/mol. The summed E-state index contributed by atoms with van der Waals surface area (Å²) >= 11 is 0. The smallest absolute Gasteiger partial charge is 0.366 e. The van der Waals surface area contributed by atoms with Crippen LogP contribution in [0.4, 0.5) is 0 Å². The van der Waals surface area contributed by atoms with Crippen molar-refractivity contribution in [2.45, 2.75) is 19.6 Å². The van der Waals surface area contributed by atoms with Crippen molar-refractivity contribution >= 4 is 24.6 Å². The van der Waals surface area contributed by atoms with E-state index in [1.807, 2.05) is 5.10 Å². The van der Waals surface area contributed by atoms with Gasteiger partial charge in [0, 0.05) is 0 Å². The molecule has 0 spiro atoms. The number of hydrogen-bond donors (Lipinski definition) is 2. The molecule has 2 N–H and O–H groups in total. The number of rotatable bonds is 7. The lowest BCUT2D eigenvalue weighted by Crippen LogP contribution is -2.25. The Morgan fingerprint density at radius 2 is 2.08 bits per heavy atom. The molecule has 2 aromatic rings. The van der Waals surface area contributed by atoms with Crippen LogP contribution in [-0.2, 0) is 18.4 Å². The molecule has 0 aliphatic rings. The Kier molecular flexibility index (Phi) is 5.08. The number of aliphatic carboxylic acids is 1. The number of carboxylic acids is 1. The van der Waals surface area contributed by atoms with Crippen LogP contribution in [0.5, 0.6) is 0 Å². The van der Waals surface area contributed by atoms with E-state index >= 15 is 0 Å². The number of hydrogen-bond acceptors (Lipinski definition) is 9. The number of H-pyrrole nitrogens is 1. The highest BCUT2D eigenvalue weighted by Gasteiger charge is 2.45. The second kappa shape index (κ2) is 6.88. The lowest BCUT2D eigenvalue weighted by Gasteiger charge is -2.23. The maximum Gasteiger partial charge on any atom is 0.366 e. The number of aromatic nitrogens is 5. The summed E-state index contributed by atoms with van der Waals surface area (Å²) in [5.74, 6) is -3.57. The van der Waals surface area contributed by atoms with Crippen LogP contribution in [0.25, 0.3) is 11.0 Å². The molecule has 12 nitrogen and oxygen atoms in total. The molecule has 1 unspecified atom stereocenters. The van der Waals surface area contributed by atoms with Gasteiger partial charge in [0.25, 0.3) is 11.3 Å². The van der Waals surface area contributed by atoms with Gasteiger partial charge in [-0.1, -0.05) is 5.21 Å². The summed E-state index contributed by atoms with van der Waals surface area (Å²) in [6.45, 7) is 2.82. The van der Waals surface area contributed by atoms with E-state index in [1.54, 1.807) is 6.07 Å². The molecule has 128 valence electrons. The number of carboxylic acid groups (broad SMARTS) is 1. The van der Waals surface area contributed by atoms with Gasteiger partial charge in [-0.2, -0.15) is 10.4 Å². The van der Waals surface area contributed by atoms with Crippen molar-refractivity contribution in [1.82, 2.24) is 25.2 Å². The van der Waals surface area contributed by atoms with E-state index < -0.39 is 24.9 Å². The molecule has 0 bridgehead atoms. The first-order valence-electron chi connectivity index (χ1n) is 6.74. The lowest BCUT2D eigenvalue weighted by molar-refractivity contribution is -0.139. The highest BCUT2D eigenvalue weighted by molar-refractivity contribution is 7.55. The molecular weight excluding hydrogens is 343 g/mol. The molecule has 0 aliphatic carbocycles. The molecule has 0 fully saturated rings. The maximum atomic E-state index is 12.9. The van der Waals surface area contributed by atoms with Gasteiger partial charge in [-0.3, -0.25) is 9.36 Å². The summed E-state index contributed by atoms with van der Waals surface area (Å²) in [7, 11) is -4.24. The predicted molar refractivity (Wildman–Crippen MR) is 78.2 cm³/mol. The fourth-order valence-electron chi connectivity index (χ4n) is 2.07. The Bertz CT molecular complexity index is 904. The van der Waals surface area contributed by atoms with Crippen molar-refractivity contribution in [2.75, 3.05) is 13.2 Å². The molecule has 2 heterocycles. The molecule has 0 aliphatic heterocycles. The second-order valence-corrected chi connectivity index (χ2v) is 6.42. The molecule has 0 saturated carbocycles. The Labute approximate surface area is 134 Å². The second-order valence-electron chi connectivity index (χ2n) is 4.33. The van der Waals surface area contributed by atoms with E-state index in [-0.39, 0.29) is 29.9 Å². The quantitative estimate of drug-likeness (QED) is 0.654. The third kappa shape index (κ3) is 2.92. The zero-order valence-corrected chi connectivity index (χ0v) is 13.6. The molecule has 2 rings (SSSR count). The maximum absolute atomic E-state index is 12.9. The zero-order valence-electron chi connectivity index (χ0n) is 12.7. The normalized spacial score (nSPS) is 12.9. The molecule has 13 heteroatoms. The van der Waals surface area contributed by atoms with Crippen LogP contribution in [0.3, 0.4) is 0 Å². The predicted octanol–water partition coefficient (Wildman–Crippen LogP) is 0.236. The first-order chi connectivity index (χ1) is 11.4. The van der Waals surface area contributed by atoms with E-state index in [0.717, 1.165) is 0 Å². The third-order valence-electron chi connectivity index (χ3n) is 2.88. The van der Waals surface area contributed by atoms with Crippen molar-refractivity contribution in [3.8, 4) is 6.07 Å². The highest BCUT2D eigenvalue weighted by atomic mass is 31.2. The molecule has 0 radical (unpaired) electrons. The third-order valence-corrected chi connectivity index (χ3v) is 5.15. The Balaban J connectivity index is 2.81. The van der Waals surface area contributed by atoms with Gasteiger partial charge < -0.3 is 14.2 Å². The van der Waals surface area contributed by atoms with E-state index in [9.17, 15) is 19.3 Å². The summed E-state index contributed by atoms with van der Waals surface area (Å²) in [6.07, 6.45) is 0. The van der Waals surface area contributed by atoms with Crippen molar-refractivity contribution < 1.29 is 23.5 Å². The molecular formula is C11H13N6O6P. The van der Waals surface area contributed by atoms with Crippen LogP contribution in [0.15, 0.2) is 4.79 Å². The van der Waals surface area contributed by atoms with Crippen molar-refractivity contribution in [2.24, 2.45) is 0 Å². The minimum atomic E-state index is -4.24. The highest BCUT2D eigenvalue weighted by Crippen LogP contribution is 2.59. The number of nitrogens with zero attached hydrogens (tertiary/aromatic N) is 5. The van der Waals surface area contributed by atoms with Gasteiger partial charge in [-0.15, -0.1) is 5.10 Å².